The summed E-state index contributed by atoms with van der Waals surface area (Å²) in [7, 11) is -1.77. The molecule has 202 valence electrons. The predicted molar refractivity (Wildman–Crippen MR) is 172 cm³/mol. The Hall–Kier alpha value is -2.55. The number of carbonyl (C=O) groups is 1. The first-order valence-electron chi connectivity index (χ1n) is 14.4. The first kappa shape index (κ1) is 29.4. The summed E-state index contributed by atoms with van der Waals surface area (Å²) in [5.74, 6) is 3.12. The van der Waals surface area contributed by atoms with Crippen LogP contribution in [0.15, 0.2) is 102 Å². The van der Waals surface area contributed by atoms with Crippen molar-refractivity contribution in [3.63, 3.8) is 0 Å². The average Bonchev–Trinajstić information content (AvgIpc) is 3.31. The molecular weight excluding hydrogens is 597 g/mol. The topological polar surface area (TPSA) is 20.3 Å². The van der Waals surface area contributed by atoms with Crippen molar-refractivity contribution >= 4 is 43.1 Å². The molecule has 2 atom stereocenters. The van der Waals surface area contributed by atoms with Gasteiger partial charge in [-0.15, -0.1) is 0 Å². The summed E-state index contributed by atoms with van der Waals surface area (Å²) in [6.07, 6.45) is 12.4. The fourth-order valence-electron chi connectivity index (χ4n) is 6.22. The van der Waals surface area contributed by atoms with Crippen LogP contribution >= 0.6 is 0 Å². The summed E-state index contributed by atoms with van der Waals surface area (Å²) in [5.41, 5.74) is 0. The number of nitrogens with zero attached hydrogens (tertiary/aromatic N) is 1. The molecule has 2 unspecified atom stereocenters. The van der Waals surface area contributed by atoms with Crippen molar-refractivity contribution in [3.8, 4) is 12.3 Å². The van der Waals surface area contributed by atoms with Crippen molar-refractivity contribution in [2.45, 2.75) is 75.2 Å². The van der Waals surface area contributed by atoms with Gasteiger partial charge in [0, 0.05) is 0 Å². The first-order valence-corrected chi connectivity index (χ1v) is 24.2. The number of hydrogen-bond donors (Lipinski definition) is 0. The van der Waals surface area contributed by atoms with Gasteiger partial charge in [0.2, 0.25) is 0 Å². The Morgan fingerprint density at radius 1 is 0.949 bits per heavy atom. The van der Waals surface area contributed by atoms with Crippen molar-refractivity contribution in [2.24, 2.45) is 0 Å². The Morgan fingerprint density at radius 3 is 1.85 bits per heavy atom. The van der Waals surface area contributed by atoms with E-state index in [0.717, 1.165) is 23.7 Å². The Morgan fingerprint density at radius 2 is 1.44 bits per heavy atom. The Bertz CT molecular complexity index is 1190. The maximum atomic E-state index is 13.2. The number of hydrogen-bond acceptors (Lipinski definition) is 1. The van der Waals surface area contributed by atoms with Gasteiger partial charge in [-0.2, -0.15) is 0 Å². The predicted octanol–water partition coefficient (Wildman–Crippen LogP) is 6.14. The van der Waals surface area contributed by atoms with Gasteiger partial charge >= 0.3 is 243 Å². The van der Waals surface area contributed by atoms with Crippen LogP contribution in [-0.2, 0) is 4.79 Å². The third-order valence-electron chi connectivity index (χ3n) is 8.28. The molecular formula is C35H43NOSiSn. The van der Waals surface area contributed by atoms with Gasteiger partial charge in [0.15, 0.2) is 0 Å². The number of carbonyl (C=O) groups excluding carboxylic acids is 1. The van der Waals surface area contributed by atoms with E-state index in [9.17, 15) is 4.79 Å². The SMILES string of the molecule is C#CCC1CCC(=O)N1C(/C=C(\[CH2][Sn]([c]1ccccc1)([c]1ccccc1)[c]1ccccc1)[Si](C)(C)C)CCC. The third kappa shape index (κ3) is 6.61. The number of rotatable bonds is 11. The summed E-state index contributed by atoms with van der Waals surface area (Å²) in [6.45, 7) is 9.66. The van der Waals surface area contributed by atoms with Crippen molar-refractivity contribution in [3.05, 3.63) is 102 Å². The van der Waals surface area contributed by atoms with Gasteiger partial charge in [0.1, 0.15) is 0 Å². The van der Waals surface area contributed by atoms with Gasteiger partial charge < -0.3 is 0 Å². The molecule has 0 aliphatic carbocycles. The summed E-state index contributed by atoms with van der Waals surface area (Å²) in [5, 5.41) is 1.59. The molecule has 1 aliphatic rings. The molecule has 39 heavy (non-hydrogen) atoms. The fraction of sp³-hybridized carbons (Fsp3) is 0.343. The van der Waals surface area contributed by atoms with Gasteiger partial charge in [-0.3, -0.25) is 0 Å². The normalized spacial score (nSPS) is 17.2. The zero-order valence-corrected chi connectivity index (χ0v) is 27.9. The summed E-state index contributed by atoms with van der Waals surface area (Å²) >= 11 is -3.52. The quantitative estimate of drug-likeness (QED) is 0.182. The number of likely N-dealkylation sites (tertiary alicyclic amines) is 1. The Balaban J connectivity index is 1.93. The Kier molecular flexibility index (Phi) is 9.96. The molecule has 1 heterocycles. The van der Waals surface area contributed by atoms with Gasteiger partial charge in [-0.25, -0.2) is 0 Å². The van der Waals surface area contributed by atoms with Crippen LogP contribution in [0.4, 0.5) is 0 Å². The number of amides is 1. The first-order chi connectivity index (χ1) is 18.8. The molecule has 0 bridgehead atoms. The molecule has 0 N–H and O–H groups in total. The molecule has 3 aromatic rings. The fourth-order valence-corrected chi connectivity index (χ4v) is 26.9. The molecule has 4 heteroatoms. The summed E-state index contributed by atoms with van der Waals surface area (Å²) in [6, 6.07) is 34.1. The van der Waals surface area contributed by atoms with Crippen LogP contribution in [-0.4, -0.2) is 49.3 Å². The molecule has 1 saturated heterocycles. The zero-order valence-electron chi connectivity index (χ0n) is 24.1. The van der Waals surface area contributed by atoms with Crippen LogP contribution in [0.3, 0.4) is 0 Å². The third-order valence-corrected chi connectivity index (χ3v) is 25.5. The van der Waals surface area contributed by atoms with Crippen LogP contribution in [0.1, 0.15) is 39.0 Å². The molecule has 1 amide bonds. The average molecular weight is 641 g/mol. The standard InChI is InChI=1S/C17H28NOSi.3C6H5.Sn/c1-7-9-15-11-12-17(19)18(15)16(10-8-2)13-14(3)20(4,5)6;3*1-2-4-6-5-3-1;/h1,13,15-16H,3,8-12H2,2,4-6H3;3*1-5H;/b14-13+;;;;. The van der Waals surface area contributed by atoms with Crippen LogP contribution in [0.25, 0.3) is 0 Å². The zero-order chi connectivity index (χ0) is 27.9. The molecule has 1 fully saturated rings. The number of terminal acetylenes is 1. The monoisotopic (exact) mass is 641 g/mol. The molecule has 2 nitrogen and oxygen atoms in total. The second-order valence-electron chi connectivity index (χ2n) is 11.9. The van der Waals surface area contributed by atoms with Crippen molar-refractivity contribution in [1.82, 2.24) is 4.90 Å². The molecule has 0 radical (unpaired) electrons. The molecule has 1 aliphatic heterocycles. The molecule has 0 saturated carbocycles. The van der Waals surface area contributed by atoms with E-state index >= 15 is 0 Å². The summed E-state index contributed by atoms with van der Waals surface area (Å²) in [4.78, 5) is 15.4. The maximum absolute atomic E-state index is 13.2. The van der Waals surface area contributed by atoms with Crippen molar-refractivity contribution < 1.29 is 4.79 Å². The number of benzene rings is 3. The molecule has 0 aromatic heterocycles. The van der Waals surface area contributed by atoms with Crippen LogP contribution in [0.5, 0.6) is 0 Å². The van der Waals surface area contributed by atoms with Gasteiger partial charge in [-0.05, 0) is 0 Å². The van der Waals surface area contributed by atoms with Crippen LogP contribution < -0.4 is 10.7 Å². The Labute approximate surface area is 241 Å². The second kappa shape index (κ2) is 13.2. The van der Waals surface area contributed by atoms with E-state index in [2.05, 4.69) is 134 Å². The van der Waals surface area contributed by atoms with E-state index < -0.39 is 26.5 Å². The minimum atomic E-state index is -3.52. The van der Waals surface area contributed by atoms with Gasteiger partial charge in [0.25, 0.3) is 0 Å². The van der Waals surface area contributed by atoms with E-state index in [-0.39, 0.29) is 18.0 Å². The van der Waals surface area contributed by atoms with Crippen LogP contribution in [0.2, 0.25) is 24.1 Å². The van der Waals surface area contributed by atoms with Crippen molar-refractivity contribution in [2.75, 3.05) is 0 Å². The van der Waals surface area contributed by atoms with Gasteiger partial charge in [0.05, 0.1) is 0 Å². The van der Waals surface area contributed by atoms with E-state index in [1.807, 2.05) is 0 Å². The second-order valence-corrected chi connectivity index (χ2v) is 28.1. The summed E-state index contributed by atoms with van der Waals surface area (Å²) < 4.78 is 5.60. The van der Waals surface area contributed by atoms with E-state index in [0.29, 0.717) is 12.8 Å². The minimum absolute atomic E-state index is 0.108. The molecule has 0 spiro atoms. The van der Waals surface area contributed by atoms with E-state index in [1.165, 1.54) is 10.7 Å². The molecule has 4 rings (SSSR count). The van der Waals surface area contributed by atoms with E-state index in [4.69, 9.17) is 6.42 Å². The van der Waals surface area contributed by atoms with Gasteiger partial charge in [-0.1, -0.05) is 0 Å². The number of allylic oxidation sites excluding steroid dienone is 1. The van der Waals surface area contributed by atoms with Crippen LogP contribution in [0, 0.1) is 12.3 Å². The van der Waals surface area contributed by atoms with Crippen molar-refractivity contribution in [1.29, 1.82) is 0 Å². The molecule has 3 aromatic carbocycles. The van der Waals surface area contributed by atoms with E-state index in [1.54, 1.807) is 5.20 Å².